The maximum Gasteiger partial charge on any atom is 0.228 e. The first-order valence-corrected chi connectivity index (χ1v) is 12.4. The van der Waals surface area contributed by atoms with Gasteiger partial charge in [0.15, 0.2) is 0 Å². The van der Waals surface area contributed by atoms with Crippen LogP contribution < -0.4 is 20.1 Å². The second-order valence-corrected chi connectivity index (χ2v) is 11.2. The summed E-state index contributed by atoms with van der Waals surface area (Å²) in [5.41, 5.74) is 1.72. The number of hydrogen-bond donors (Lipinski definition) is 2. The fraction of sp³-hybridized carbons (Fsp3) is 0.333. The van der Waals surface area contributed by atoms with E-state index in [4.69, 9.17) is 9.47 Å². The SMILES string of the molecule is CC1(C)CC1C(=O)Nc1ccc(Oc2cccc(Oc3ccc(NC(=O)C4CC4(C)C)cc3)c2)cc1. The minimum atomic E-state index is 0.0702. The summed E-state index contributed by atoms with van der Waals surface area (Å²) >= 11 is 0. The van der Waals surface area contributed by atoms with Gasteiger partial charge in [-0.05, 0) is 84.3 Å². The predicted molar refractivity (Wildman–Crippen MR) is 141 cm³/mol. The normalized spacial score (nSPS) is 20.7. The van der Waals surface area contributed by atoms with Crippen molar-refractivity contribution < 1.29 is 19.1 Å². The molecule has 2 amide bonds. The summed E-state index contributed by atoms with van der Waals surface area (Å²) in [6, 6.07) is 22.1. The van der Waals surface area contributed by atoms with Crippen LogP contribution in [0.1, 0.15) is 40.5 Å². The highest BCUT2D eigenvalue weighted by Crippen LogP contribution is 2.52. The number of anilines is 2. The number of nitrogens with one attached hydrogen (secondary N) is 2. The first-order valence-electron chi connectivity index (χ1n) is 12.4. The Morgan fingerprint density at radius 1 is 0.639 bits per heavy atom. The summed E-state index contributed by atoms with van der Waals surface area (Å²) in [7, 11) is 0. The minimum absolute atomic E-state index is 0.0702. The summed E-state index contributed by atoms with van der Waals surface area (Å²) in [4.78, 5) is 24.6. The van der Waals surface area contributed by atoms with Crippen LogP contribution in [0.3, 0.4) is 0 Å². The zero-order valence-corrected chi connectivity index (χ0v) is 21.1. The zero-order chi connectivity index (χ0) is 25.5. The highest BCUT2D eigenvalue weighted by Gasteiger charge is 2.51. The Hall–Kier alpha value is -3.80. The van der Waals surface area contributed by atoms with Crippen molar-refractivity contribution in [2.75, 3.05) is 10.6 Å². The molecule has 2 atom stereocenters. The van der Waals surface area contributed by atoms with Gasteiger partial charge >= 0.3 is 0 Å². The predicted octanol–water partition coefficient (Wildman–Crippen LogP) is 7.24. The zero-order valence-electron chi connectivity index (χ0n) is 21.1. The van der Waals surface area contributed by atoms with Crippen molar-refractivity contribution in [3.8, 4) is 23.0 Å². The number of carbonyl (C=O) groups is 2. The van der Waals surface area contributed by atoms with Crippen molar-refractivity contribution in [1.29, 1.82) is 0 Å². The van der Waals surface area contributed by atoms with E-state index in [1.165, 1.54) is 0 Å². The quantitative estimate of drug-likeness (QED) is 0.353. The number of carbonyl (C=O) groups excluding carboxylic acids is 2. The largest absolute Gasteiger partial charge is 0.457 e. The molecule has 0 heterocycles. The summed E-state index contributed by atoms with van der Waals surface area (Å²) < 4.78 is 12.0. The highest BCUT2D eigenvalue weighted by molar-refractivity contribution is 5.95. The number of ether oxygens (including phenoxy) is 2. The molecule has 2 N–H and O–H groups in total. The van der Waals surface area contributed by atoms with Crippen molar-refractivity contribution in [1.82, 2.24) is 0 Å². The minimum Gasteiger partial charge on any atom is -0.457 e. The van der Waals surface area contributed by atoms with Crippen molar-refractivity contribution >= 4 is 23.2 Å². The molecule has 0 aromatic heterocycles. The van der Waals surface area contributed by atoms with E-state index in [9.17, 15) is 9.59 Å². The van der Waals surface area contributed by atoms with Crippen LogP contribution in [0.4, 0.5) is 11.4 Å². The Kier molecular flexibility index (Phi) is 5.99. The van der Waals surface area contributed by atoms with Crippen molar-refractivity contribution in [2.24, 2.45) is 22.7 Å². The van der Waals surface area contributed by atoms with Crippen LogP contribution in [-0.2, 0) is 9.59 Å². The molecule has 3 aromatic rings. The van der Waals surface area contributed by atoms with E-state index in [1.807, 2.05) is 72.8 Å². The number of benzene rings is 3. The van der Waals surface area contributed by atoms with Crippen LogP contribution in [0.15, 0.2) is 72.8 Å². The fourth-order valence-electron chi connectivity index (χ4n) is 4.37. The Morgan fingerprint density at radius 2 is 1.00 bits per heavy atom. The van der Waals surface area contributed by atoms with E-state index in [0.717, 1.165) is 24.2 Å². The monoisotopic (exact) mass is 484 g/mol. The molecule has 0 bridgehead atoms. The van der Waals surface area contributed by atoms with Crippen LogP contribution in [0.2, 0.25) is 0 Å². The van der Waals surface area contributed by atoms with E-state index >= 15 is 0 Å². The van der Waals surface area contributed by atoms with E-state index in [2.05, 4.69) is 38.3 Å². The van der Waals surface area contributed by atoms with E-state index in [0.29, 0.717) is 23.0 Å². The summed E-state index contributed by atoms with van der Waals surface area (Å²) in [6.45, 7) is 8.43. The van der Waals surface area contributed by atoms with Gasteiger partial charge in [-0.2, -0.15) is 0 Å². The van der Waals surface area contributed by atoms with Crippen molar-refractivity contribution in [3.63, 3.8) is 0 Å². The fourth-order valence-corrected chi connectivity index (χ4v) is 4.37. The molecule has 186 valence electrons. The number of rotatable bonds is 8. The third-order valence-corrected chi connectivity index (χ3v) is 7.18. The molecular formula is C30H32N2O4. The van der Waals surface area contributed by atoms with Crippen LogP contribution >= 0.6 is 0 Å². The summed E-state index contributed by atoms with van der Waals surface area (Å²) in [6.07, 6.45) is 1.86. The number of hydrogen-bond acceptors (Lipinski definition) is 4. The maximum atomic E-state index is 12.3. The topological polar surface area (TPSA) is 76.7 Å². The van der Waals surface area contributed by atoms with Gasteiger partial charge in [0.2, 0.25) is 11.8 Å². The average Bonchev–Trinajstić information content (AvgIpc) is 3.69. The molecule has 0 saturated heterocycles. The molecular weight excluding hydrogens is 452 g/mol. The molecule has 2 aliphatic rings. The maximum absolute atomic E-state index is 12.3. The van der Waals surface area contributed by atoms with Gasteiger partial charge in [0.05, 0.1) is 0 Å². The van der Waals surface area contributed by atoms with Gasteiger partial charge < -0.3 is 20.1 Å². The van der Waals surface area contributed by atoms with E-state index in [1.54, 1.807) is 0 Å². The van der Waals surface area contributed by atoms with Gasteiger partial charge in [-0.25, -0.2) is 0 Å². The summed E-state index contributed by atoms with van der Waals surface area (Å²) in [5, 5.41) is 5.95. The third kappa shape index (κ3) is 5.54. The first-order chi connectivity index (χ1) is 17.1. The van der Waals surface area contributed by atoms with Gasteiger partial charge in [0.1, 0.15) is 23.0 Å². The molecule has 2 aliphatic carbocycles. The lowest BCUT2D eigenvalue weighted by atomic mass is 10.1. The Labute approximate surface area is 212 Å². The molecule has 0 radical (unpaired) electrons. The average molecular weight is 485 g/mol. The molecule has 0 aliphatic heterocycles. The smallest absolute Gasteiger partial charge is 0.228 e. The van der Waals surface area contributed by atoms with Crippen LogP contribution in [0.5, 0.6) is 23.0 Å². The Balaban J connectivity index is 1.15. The highest BCUT2D eigenvalue weighted by atomic mass is 16.5. The van der Waals surface area contributed by atoms with Crippen molar-refractivity contribution in [2.45, 2.75) is 40.5 Å². The second-order valence-electron chi connectivity index (χ2n) is 11.2. The standard InChI is InChI=1S/C30H32N2O4/c1-29(2)17-25(29)27(33)31-19-8-12-21(13-9-19)35-23-6-5-7-24(16-23)36-22-14-10-20(11-15-22)32-28(34)26-18-30(26,3)4/h5-16,25-26H,17-18H2,1-4H3,(H,31,33)(H,32,34). The van der Waals surface area contributed by atoms with E-state index < -0.39 is 0 Å². The van der Waals surface area contributed by atoms with Gasteiger partial charge in [0, 0.05) is 29.3 Å². The summed E-state index contributed by atoms with van der Waals surface area (Å²) in [5.74, 6) is 2.91. The van der Waals surface area contributed by atoms with Gasteiger partial charge in [-0.1, -0.05) is 33.8 Å². The lowest BCUT2D eigenvalue weighted by Crippen LogP contribution is -2.16. The molecule has 3 aromatic carbocycles. The third-order valence-electron chi connectivity index (χ3n) is 7.18. The molecule has 36 heavy (non-hydrogen) atoms. The molecule has 2 unspecified atom stereocenters. The van der Waals surface area contributed by atoms with Crippen LogP contribution in [0, 0.1) is 22.7 Å². The second kappa shape index (κ2) is 9.01. The van der Waals surface area contributed by atoms with Gasteiger partial charge in [-0.15, -0.1) is 0 Å². The van der Waals surface area contributed by atoms with Crippen LogP contribution in [0.25, 0.3) is 0 Å². The van der Waals surface area contributed by atoms with E-state index in [-0.39, 0.29) is 34.5 Å². The Bertz CT molecular complexity index is 1180. The molecule has 6 heteroatoms. The molecule has 0 spiro atoms. The Morgan fingerprint density at radius 3 is 1.33 bits per heavy atom. The lowest BCUT2D eigenvalue weighted by molar-refractivity contribution is -0.118. The lowest BCUT2D eigenvalue weighted by Gasteiger charge is -2.11. The molecule has 2 fully saturated rings. The first kappa shape index (κ1) is 23.9. The van der Waals surface area contributed by atoms with Crippen LogP contribution in [-0.4, -0.2) is 11.8 Å². The van der Waals surface area contributed by atoms with Gasteiger partial charge in [-0.3, -0.25) is 9.59 Å². The molecule has 5 rings (SSSR count). The molecule has 2 saturated carbocycles. The molecule has 6 nitrogen and oxygen atoms in total. The number of amides is 2. The van der Waals surface area contributed by atoms with Crippen molar-refractivity contribution in [3.05, 3.63) is 72.8 Å². The van der Waals surface area contributed by atoms with Gasteiger partial charge in [0.25, 0.3) is 0 Å².